The Bertz CT molecular complexity index is 455. The summed E-state index contributed by atoms with van der Waals surface area (Å²) in [5, 5.41) is 0. The first-order chi connectivity index (χ1) is 11.6. The van der Waals surface area contributed by atoms with E-state index >= 15 is 0 Å². The van der Waals surface area contributed by atoms with Gasteiger partial charge < -0.3 is 14.2 Å². The molecular weight excluding hydrogens is 324 g/mol. The van der Waals surface area contributed by atoms with Gasteiger partial charge in [-0.2, -0.15) is 0 Å². The highest BCUT2D eigenvalue weighted by molar-refractivity contribution is 5.81. The van der Waals surface area contributed by atoms with Crippen molar-refractivity contribution in [3.63, 3.8) is 0 Å². The van der Waals surface area contributed by atoms with Crippen molar-refractivity contribution in [2.24, 2.45) is 23.7 Å². The highest BCUT2D eigenvalue weighted by atomic mass is 16.6. The summed E-state index contributed by atoms with van der Waals surface area (Å²) in [6.45, 7) is 14.5. The minimum Gasteiger partial charge on any atom is -0.463 e. The van der Waals surface area contributed by atoms with Gasteiger partial charge in [0.1, 0.15) is 13.2 Å². The van der Waals surface area contributed by atoms with E-state index in [0.717, 1.165) is 6.08 Å². The molecule has 0 amide bonds. The molecule has 0 aliphatic rings. The Hall–Kier alpha value is -1.85. The summed E-state index contributed by atoms with van der Waals surface area (Å²) in [6, 6.07) is 0. The molecular formula is C19H32O6. The van der Waals surface area contributed by atoms with E-state index < -0.39 is 17.8 Å². The summed E-state index contributed by atoms with van der Waals surface area (Å²) in [5.41, 5.74) is 0. The van der Waals surface area contributed by atoms with Crippen LogP contribution >= 0.6 is 0 Å². The molecule has 0 aromatic heterocycles. The largest absolute Gasteiger partial charge is 0.463 e. The monoisotopic (exact) mass is 356 g/mol. The molecule has 0 aromatic carbocycles. The Balaban J connectivity index is 4.90. The molecule has 0 saturated carbocycles. The van der Waals surface area contributed by atoms with E-state index in [4.69, 9.17) is 14.2 Å². The summed E-state index contributed by atoms with van der Waals surface area (Å²) < 4.78 is 15.3. The van der Waals surface area contributed by atoms with Gasteiger partial charge in [-0.1, -0.05) is 34.3 Å². The van der Waals surface area contributed by atoms with Crippen LogP contribution in [0.1, 0.15) is 48.0 Å². The van der Waals surface area contributed by atoms with Crippen LogP contribution in [-0.4, -0.2) is 37.2 Å². The van der Waals surface area contributed by atoms with Gasteiger partial charge in [-0.3, -0.25) is 9.59 Å². The van der Waals surface area contributed by atoms with Crippen LogP contribution in [0, 0.1) is 23.7 Å². The zero-order chi connectivity index (χ0) is 19.6. The minimum absolute atomic E-state index is 0.0233. The SMILES string of the molecule is C=CC(=O)OCCOC(=O)C(CC)C(C(C)C)C(C)C(=O)OC(C)C. The average molecular weight is 356 g/mol. The Kier molecular flexibility index (Phi) is 10.8. The van der Waals surface area contributed by atoms with Crippen LogP contribution < -0.4 is 0 Å². The third-order valence-electron chi connectivity index (χ3n) is 4.02. The number of carbonyl (C=O) groups is 3. The van der Waals surface area contributed by atoms with Gasteiger partial charge in [0.15, 0.2) is 0 Å². The number of esters is 3. The lowest BCUT2D eigenvalue weighted by molar-refractivity contribution is -0.161. The molecule has 0 aliphatic carbocycles. The third-order valence-corrected chi connectivity index (χ3v) is 4.02. The maximum Gasteiger partial charge on any atom is 0.330 e. The fourth-order valence-corrected chi connectivity index (χ4v) is 2.93. The quantitative estimate of drug-likeness (QED) is 0.245. The zero-order valence-corrected chi connectivity index (χ0v) is 16.2. The highest BCUT2D eigenvalue weighted by Crippen LogP contribution is 2.33. The molecule has 6 nitrogen and oxygen atoms in total. The van der Waals surface area contributed by atoms with E-state index in [2.05, 4.69) is 6.58 Å². The van der Waals surface area contributed by atoms with Crippen molar-refractivity contribution in [2.45, 2.75) is 54.1 Å². The predicted molar refractivity (Wildman–Crippen MR) is 94.6 cm³/mol. The number of hydrogen-bond acceptors (Lipinski definition) is 6. The number of carbonyl (C=O) groups excluding carboxylic acids is 3. The van der Waals surface area contributed by atoms with Crippen molar-refractivity contribution < 1.29 is 28.6 Å². The normalized spacial score (nSPS) is 14.6. The van der Waals surface area contributed by atoms with Crippen LogP contribution in [0.5, 0.6) is 0 Å². The van der Waals surface area contributed by atoms with Gasteiger partial charge in [0.05, 0.1) is 17.9 Å². The lowest BCUT2D eigenvalue weighted by Crippen LogP contribution is -2.38. The van der Waals surface area contributed by atoms with Gasteiger partial charge in [-0.25, -0.2) is 4.79 Å². The third kappa shape index (κ3) is 8.18. The Morgan fingerprint density at radius 2 is 1.52 bits per heavy atom. The Morgan fingerprint density at radius 1 is 0.960 bits per heavy atom. The molecule has 0 aliphatic heterocycles. The van der Waals surface area contributed by atoms with Crippen molar-refractivity contribution in [1.82, 2.24) is 0 Å². The maximum atomic E-state index is 12.4. The first kappa shape index (κ1) is 23.1. The highest BCUT2D eigenvalue weighted by Gasteiger charge is 2.38. The Labute approximate surface area is 150 Å². The summed E-state index contributed by atoms with van der Waals surface area (Å²) in [7, 11) is 0. The molecule has 0 fully saturated rings. The summed E-state index contributed by atoms with van der Waals surface area (Å²) in [4.78, 5) is 35.7. The summed E-state index contributed by atoms with van der Waals surface area (Å²) in [6.07, 6.45) is 1.40. The van der Waals surface area contributed by atoms with Crippen LogP contribution in [0.2, 0.25) is 0 Å². The van der Waals surface area contributed by atoms with E-state index in [1.54, 1.807) is 20.8 Å². The van der Waals surface area contributed by atoms with Crippen molar-refractivity contribution in [1.29, 1.82) is 0 Å². The maximum absolute atomic E-state index is 12.4. The van der Waals surface area contributed by atoms with Gasteiger partial charge in [-0.05, 0) is 32.1 Å². The number of ether oxygens (including phenoxy) is 3. The minimum atomic E-state index is -0.562. The van der Waals surface area contributed by atoms with Crippen molar-refractivity contribution in [3.8, 4) is 0 Å². The summed E-state index contributed by atoms with van der Waals surface area (Å²) >= 11 is 0. The molecule has 0 heterocycles. The van der Waals surface area contributed by atoms with Gasteiger partial charge in [0, 0.05) is 6.08 Å². The number of hydrogen-bond donors (Lipinski definition) is 0. The van der Waals surface area contributed by atoms with Crippen LogP contribution in [0.3, 0.4) is 0 Å². The fourth-order valence-electron chi connectivity index (χ4n) is 2.93. The van der Waals surface area contributed by atoms with Crippen molar-refractivity contribution in [3.05, 3.63) is 12.7 Å². The van der Waals surface area contributed by atoms with Crippen LogP contribution in [0.25, 0.3) is 0 Å². The van der Waals surface area contributed by atoms with Crippen molar-refractivity contribution in [2.75, 3.05) is 13.2 Å². The van der Waals surface area contributed by atoms with Crippen LogP contribution in [-0.2, 0) is 28.6 Å². The second-order valence-corrected chi connectivity index (χ2v) is 6.65. The first-order valence-corrected chi connectivity index (χ1v) is 8.81. The molecule has 0 saturated heterocycles. The van der Waals surface area contributed by atoms with Crippen LogP contribution in [0.15, 0.2) is 12.7 Å². The molecule has 0 bridgehead atoms. The molecule has 0 spiro atoms. The van der Waals surface area contributed by atoms with E-state index in [9.17, 15) is 14.4 Å². The molecule has 3 unspecified atom stereocenters. The molecule has 25 heavy (non-hydrogen) atoms. The second-order valence-electron chi connectivity index (χ2n) is 6.65. The van der Waals surface area contributed by atoms with E-state index in [0.29, 0.717) is 6.42 Å². The lowest BCUT2D eigenvalue weighted by atomic mass is 9.74. The molecule has 0 aromatic rings. The molecule has 144 valence electrons. The number of rotatable bonds is 11. The standard InChI is InChI=1S/C19H32O6/c1-8-15(19(22)24-11-10-23-16(20)9-2)17(12(3)4)14(7)18(21)25-13(5)6/h9,12-15,17H,2,8,10-11H2,1,3-7H3. The molecule has 6 heteroatoms. The van der Waals surface area contributed by atoms with Gasteiger partial charge in [-0.15, -0.1) is 0 Å². The fraction of sp³-hybridized carbons (Fsp3) is 0.737. The topological polar surface area (TPSA) is 78.9 Å². The molecule has 0 radical (unpaired) electrons. The molecule has 3 atom stereocenters. The summed E-state index contributed by atoms with van der Waals surface area (Å²) in [5.74, 6) is -2.19. The zero-order valence-electron chi connectivity index (χ0n) is 16.2. The Morgan fingerprint density at radius 3 is 1.96 bits per heavy atom. The van der Waals surface area contributed by atoms with Gasteiger partial charge >= 0.3 is 17.9 Å². The predicted octanol–water partition coefficient (Wildman–Crippen LogP) is 3.14. The van der Waals surface area contributed by atoms with E-state index in [1.807, 2.05) is 20.8 Å². The van der Waals surface area contributed by atoms with Gasteiger partial charge in [0.2, 0.25) is 0 Å². The van der Waals surface area contributed by atoms with Crippen molar-refractivity contribution >= 4 is 17.9 Å². The molecule has 0 N–H and O–H groups in total. The lowest BCUT2D eigenvalue weighted by Gasteiger charge is -2.32. The van der Waals surface area contributed by atoms with E-state index in [1.165, 1.54) is 0 Å². The van der Waals surface area contributed by atoms with Crippen LogP contribution in [0.4, 0.5) is 0 Å². The van der Waals surface area contributed by atoms with Gasteiger partial charge in [0.25, 0.3) is 0 Å². The average Bonchev–Trinajstić information content (AvgIpc) is 2.54. The first-order valence-electron chi connectivity index (χ1n) is 8.81. The molecule has 0 rings (SSSR count). The smallest absolute Gasteiger partial charge is 0.330 e. The van der Waals surface area contributed by atoms with E-state index in [-0.39, 0.29) is 43.1 Å². The second kappa shape index (κ2) is 11.7.